The lowest BCUT2D eigenvalue weighted by Gasteiger charge is -2.10. The fourth-order valence-electron chi connectivity index (χ4n) is 2.32. The second-order valence-corrected chi connectivity index (χ2v) is 6.60. The Balaban J connectivity index is 2.40. The normalized spacial score (nSPS) is 11.8. The number of ether oxygens (including phenoxy) is 2. The van der Waals surface area contributed by atoms with Crippen LogP contribution in [-0.2, 0) is 9.47 Å². The Morgan fingerprint density at radius 2 is 1.52 bits per heavy atom. The number of benzene rings is 1. The molecule has 0 saturated carbocycles. The van der Waals surface area contributed by atoms with E-state index in [1.807, 2.05) is 6.92 Å². The van der Waals surface area contributed by atoms with Gasteiger partial charge in [-0.25, -0.2) is 9.59 Å². The van der Waals surface area contributed by atoms with Crippen LogP contribution >= 0.6 is 0 Å². The minimum absolute atomic E-state index is 0.328. The molecule has 1 atom stereocenters. The smallest absolute Gasteiger partial charge is 0.338 e. The zero-order valence-corrected chi connectivity index (χ0v) is 15.9. The highest BCUT2D eigenvalue weighted by molar-refractivity contribution is 5.95. The van der Waals surface area contributed by atoms with Crippen molar-refractivity contribution >= 4 is 11.9 Å². The summed E-state index contributed by atoms with van der Waals surface area (Å²) >= 11 is 0. The molecule has 0 aromatic heterocycles. The molecule has 4 heteroatoms. The summed E-state index contributed by atoms with van der Waals surface area (Å²) in [5.41, 5.74) is 0.779. The average Bonchev–Trinajstić information content (AvgIpc) is 2.64. The van der Waals surface area contributed by atoms with Crippen molar-refractivity contribution in [3.63, 3.8) is 0 Å². The zero-order chi connectivity index (χ0) is 18.5. The van der Waals surface area contributed by atoms with Crippen molar-refractivity contribution in [3.8, 4) is 0 Å². The maximum Gasteiger partial charge on any atom is 0.338 e. The third-order valence-corrected chi connectivity index (χ3v) is 4.26. The molecule has 0 aliphatic heterocycles. The van der Waals surface area contributed by atoms with Gasteiger partial charge in [0.25, 0.3) is 0 Å². The molecule has 0 aliphatic carbocycles. The van der Waals surface area contributed by atoms with Gasteiger partial charge in [0, 0.05) is 0 Å². The number of hydrogen-bond acceptors (Lipinski definition) is 4. The summed E-state index contributed by atoms with van der Waals surface area (Å²) in [4.78, 5) is 24.1. The Bertz CT molecular complexity index is 524. The quantitative estimate of drug-likeness (QED) is 0.374. The molecule has 0 amide bonds. The van der Waals surface area contributed by atoms with Crippen molar-refractivity contribution in [2.24, 2.45) is 5.92 Å². The molecule has 0 aliphatic rings. The Morgan fingerprint density at radius 1 is 0.920 bits per heavy atom. The van der Waals surface area contributed by atoms with E-state index in [0.717, 1.165) is 19.3 Å². The standard InChI is InChI=1S/C21H32O4/c1-4-6-7-8-9-10-14-24-20(22)18-12-11-13-19(15-18)21(23)25-16-17(3)5-2/h11-13,15,17H,4-10,14,16H2,1-3H3. The summed E-state index contributed by atoms with van der Waals surface area (Å²) in [6.07, 6.45) is 7.83. The van der Waals surface area contributed by atoms with Gasteiger partial charge in [0.1, 0.15) is 0 Å². The van der Waals surface area contributed by atoms with Crippen LogP contribution in [0.5, 0.6) is 0 Å². The van der Waals surface area contributed by atoms with Crippen LogP contribution in [0, 0.1) is 5.92 Å². The number of carbonyl (C=O) groups excluding carboxylic acids is 2. The molecule has 1 aromatic carbocycles. The SMILES string of the molecule is CCCCCCCCOC(=O)c1cccc(C(=O)OCC(C)CC)c1. The predicted molar refractivity (Wildman–Crippen MR) is 99.8 cm³/mol. The van der Waals surface area contributed by atoms with Gasteiger partial charge in [-0.1, -0.05) is 65.4 Å². The molecule has 0 heterocycles. The monoisotopic (exact) mass is 348 g/mol. The van der Waals surface area contributed by atoms with Crippen molar-refractivity contribution in [2.75, 3.05) is 13.2 Å². The number of hydrogen-bond donors (Lipinski definition) is 0. The molecular formula is C21H32O4. The molecule has 0 spiro atoms. The van der Waals surface area contributed by atoms with Crippen molar-refractivity contribution in [1.82, 2.24) is 0 Å². The molecule has 0 N–H and O–H groups in total. The highest BCUT2D eigenvalue weighted by Gasteiger charge is 2.13. The predicted octanol–water partition coefficient (Wildman–Crippen LogP) is 5.41. The summed E-state index contributed by atoms with van der Waals surface area (Å²) in [5.74, 6) is -0.453. The van der Waals surface area contributed by atoms with E-state index in [1.54, 1.807) is 24.3 Å². The van der Waals surface area contributed by atoms with Crippen LogP contribution in [0.1, 0.15) is 86.4 Å². The maximum atomic E-state index is 12.1. The van der Waals surface area contributed by atoms with Gasteiger partial charge in [-0.05, 0) is 30.5 Å². The van der Waals surface area contributed by atoms with E-state index >= 15 is 0 Å². The van der Waals surface area contributed by atoms with E-state index in [0.29, 0.717) is 30.3 Å². The fraction of sp³-hybridized carbons (Fsp3) is 0.619. The van der Waals surface area contributed by atoms with Gasteiger partial charge in [-0.3, -0.25) is 0 Å². The summed E-state index contributed by atoms with van der Waals surface area (Å²) in [7, 11) is 0. The zero-order valence-electron chi connectivity index (χ0n) is 15.9. The van der Waals surface area contributed by atoms with Crippen LogP contribution in [0.2, 0.25) is 0 Å². The van der Waals surface area contributed by atoms with Gasteiger partial charge in [-0.15, -0.1) is 0 Å². The molecule has 1 unspecified atom stereocenters. The summed E-state index contributed by atoms with van der Waals surface area (Å²) < 4.78 is 10.6. The molecule has 1 rings (SSSR count). The lowest BCUT2D eigenvalue weighted by molar-refractivity contribution is 0.0447. The second kappa shape index (κ2) is 12.5. The lowest BCUT2D eigenvalue weighted by Crippen LogP contribution is -2.13. The lowest BCUT2D eigenvalue weighted by atomic mass is 10.1. The summed E-state index contributed by atoms with van der Waals surface area (Å²) in [6, 6.07) is 6.54. The van der Waals surface area contributed by atoms with E-state index in [9.17, 15) is 9.59 Å². The van der Waals surface area contributed by atoms with Crippen LogP contribution in [0.3, 0.4) is 0 Å². The van der Waals surface area contributed by atoms with Crippen LogP contribution in [-0.4, -0.2) is 25.2 Å². The third kappa shape index (κ3) is 8.71. The average molecular weight is 348 g/mol. The molecule has 0 bridgehead atoms. The van der Waals surface area contributed by atoms with Crippen molar-refractivity contribution in [2.45, 2.75) is 65.7 Å². The number of esters is 2. The van der Waals surface area contributed by atoms with Gasteiger partial charge < -0.3 is 9.47 Å². The molecule has 0 fully saturated rings. The number of rotatable bonds is 12. The van der Waals surface area contributed by atoms with E-state index < -0.39 is 5.97 Å². The molecule has 25 heavy (non-hydrogen) atoms. The van der Waals surface area contributed by atoms with E-state index in [-0.39, 0.29) is 5.97 Å². The Kier molecular flexibility index (Phi) is 10.6. The largest absolute Gasteiger partial charge is 0.462 e. The Hall–Kier alpha value is -1.84. The maximum absolute atomic E-state index is 12.1. The molecule has 0 saturated heterocycles. The minimum Gasteiger partial charge on any atom is -0.462 e. The number of unbranched alkanes of at least 4 members (excludes halogenated alkanes) is 5. The van der Waals surface area contributed by atoms with Crippen molar-refractivity contribution < 1.29 is 19.1 Å². The molecule has 1 aromatic rings. The number of carbonyl (C=O) groups is 2. The van der Waals surface area contributed by atoms with Crippen molar-refractivity contribution in [1.29, 1.82) is 0 Å². The van der Waals surface area contributed by atoms with Crippen LogP contribution in [0.4, 0.5) is 0 Å². The van der Waals surface area contributed by atoms with E-state index in [1.165, 1.54) is 25.7 Å². The van der Waals surface area contributed by atoms with Gasteiger partial charge >= 0.3 is 11.9 Å². The minimum atomic E-state index is -0.397. The third-order valence-electron chi connectivity index (χ3n) is 4.26. The van der Waals surface area contributed by atoms with E-state index in [2.05, 4.69) is 13.8 Å². The molecule has 0 radical (unpaired) electrons. The Morgan fingerprint density at radius 3 is 2.16 bits per heavy atom. The summed E-state index contributed by atoms with van der Waals surface area (Å²) in [6.45, 7) is 7.09. The summed E-state index contributed by atoms with van der Waals surface area (Å²) in [5, 5.41) is 0. The Labute approximate surface area is 151 Å². The van der Waals surface area contributed by atoms with Crippen LogP contribution < -0.4 is 0 Å². The molecule has 140 valence electrons. The van der Waals surface area contributed by atoms with E-state index in [4.69, 9.17) is 9.47 Å². The van der Waals surface area contributed by atoms with Crippen molar-refractivity contribution in [3.05, 3.63) is 35.4 Å². The van der Waals surface area contributed by atoms with Crippen LogP contribution in [0.15, 0.2) is 24.3 Å². The van der Waals surface area contributed by atoms with Gasteiger partial charge in [0.15, 0.2) is 0 Å². The first-order valence-electron chi connectivity index (χ1n) is 9.52. The highest BCUT2D eigenvalue weighted by Crippen LogP contribution is 2.11. The van der Waals surface area contributed by atoms with Gasteiger partial charge in [0.2, 0.25) is 0 Å². The first kappa shape index (κ1) is 21.2. The first-order chi connectivity index (χ1) is 12.1. The second-order valence-electron chi connectivity index (χ2n) is 6.60. The fourth-order valence-corrected chi connectivity index (χ4v) is 2.32. The molecular weight excluding hydrogens is 316 g/mol. The van der Waals surface area contributed by atoms with Gasteiger partial charge in [-0.2, -0.15) is 0 Å². The van der Waals surface area contributed by atoms with Crippen LogP contribution in [0.25, 0.3) is 0 Å². The first-order valence-corrected chi connectivity index (χ1v) is 9.52. The van der Waals surface area contributed by atoms with Gasteiger partial charge in [0.05, 0.1) is 24.3 Å². The highest BCUT2D eigenvalue weighted by atomic mass is 16.5. The topological polar surface area (TPSA) is 52.6 Å². The molecule has 4 nitrogen and oxygen atoms in total.